The normalized spacial score (nSPS) is 11.1. The van der Waals surface area contributed by atoms with Crippen LogP contribution in [0.5, 0.6) is 5.75 Å². The predicted octanol–water partition coefficient (Wildman–Crippen LogP) is 8.30. The molecular formula is C25H18BrNOS. The van der Waals surface area contributed by atoms with Crippen LogP contribution in [0.1, 0.15) is 0 Å². The molecule has 4 heteroatoms. The third-order valence-electron chi connectivity index (χ3n) is 4.99. The van der Waals surface area contributed by atoms with Gasteiger partial charge in [-0.2, -0.15) is 0 Å². The molecule has 0 fully saturated rings. The van der Waals surface area contributed by atoms with Crippen LogP contribution in [-0.2, 0) is 0 Å². The Labute approximate surface area is 182 Å². The molecule has 0 N–H and O–H groups in total. The molecule has 5 aromatic rings. The summed E-state index contributed by atoms with van der Waals surface area (Å²) in [6.45, 7) is 0. The van der Waals surface area contributed by atoms with Crippen molar-refractivity contribution in [2.45, 2.75) is 0 Å². The highest BCUT2D eigenvalue weighted by molar-refractivity contribution is 9.10. The van der Waals surface area contributed by atoms with Gasteiger partial charge in [0.1, 0.15) is 5.75 Å². The lowest BCUT2D eigenvalue weighted by Gasteiger charge is -2.26. The molecule has 0 atom stereocenters. The molecule has 1 heterocycles. The van der Waals surface area contributed by atoms with Crippen molar-refractivity contribution >= 4 is 64.5 Å². The van der Waals surface area contributed by atoms with Crippen LogP contribution in [0.25, 0.3) is 20.2 Å². The minimum absolute atomic E-state index is 0.818. The molecule has 29 heavy (non-hydrogen) atoms. The van der Waals surface area contributed by atoms with Gasteiger partial charge in [0.2, 0.25) is 0 Å². The number of hydrogen-bond acceptors (Lipinski definition) is 3. The van der Waals surface area contributed by atoms with Crippen molar-refractivity contribution in [3.05, 3.63) is 95.5 Å². The molecule has 0 unspecified atom stereocenters. The zero-order valence-corrected chi connectivity index (χ0v) is 18.2. The molecular weight excluding hydrogens is 442 g/mol. The number of hydrogen-bond donors (Lipinski definition) is 0. The Kier molecular flexibility index (Phi) is 4.74. The fourth-order valence-electron chi connectivity index (χ4n) is 3.71. The molecule has 0 saturated carbocycles. The first kappa shape index (κ1) is 18.2. The Balaban J connectivity index is 1.82. The van der Waals surface area contributed by atoms with Crippen LogP contribution in [0.2, 0.25) is 0 Å². The molecule has 0 saturated heterocycles. The first-order valence-corrected chi connectivity index (χ1v) is 11.0. The Morgan fingerprint density at radius 1 is 0.759 bits per heavy atom. The third-order valence-corrected chi connectivity index (χ3v) is 6.66. The summed E-state index contributed by atoms with van der Waals surface area (Å²) in [6.07, 6.45) is 0. The van der Waals surface area contributed by atoms with Gasteiger partial charge in [-0.1, -0.05) is 64.5 Å². The Hall–Kier alpha value is -2.82. The van der Waals surface area contributed by atoms with Gasteiger partial charge in [0.25, 0.3) is 0 Å². The van der Waals surface area contributed by atoms with Crippen LogP contribution in [-0.4, -0.2) is 7.11 Å². The van der Waals surface area contributed by atoms with Crippen LogP contribution in [0.15, 0.2) is 95.5 Å². The lowest BCUT2D eigenvalue weighted by molar-refractivity contribution is 0.414. The summed E-state index contributed by atoms with van der Waals surface area (Å²) in [5.41, 5.74) is 3.32. The average Bonchev–Trinajstić information content (AvgIpc) is 3.14. The topological polar surface area (TPSA) is 12.5 Å². The zero-order chi connectivity index (χ0) is 19.8. The van der Waals surface area contributed by atoms with E-state index in [1.54, 1.807) is 7.11 Å². The fraction of sp³-hybridized carbons (Fsp3) is 0.0400. The minimum atomic E-state index is 0.818. The summed E-state index contributed by atoms with van der Waals surface area (Å²) < 4.78 is 9.10. The van der Waals surface area contributed by atoms with Crippen LogP contribution < -0.4 is 9.64 Å². The Morgan fingerprint density at radius 2 is 1.52 bits per heavy atom. The van der Waals surface area contributed by atoms with Gasteiger partial charge in [0.05, 0.1) is 23.2 Å². The maximum Gasteiger partial charge on any atom is 0.122 e. The number of fused-ring (bicyclic) bond motifs is 3. The smallest absolute Gasteiger partial charge is 0.122 e. The number of rotatable bonds is 4. The van der Waals surface area contributed by atoms with Gasteiger partial charge in [-0.05, 0) is 36.4 Å². The number of ether oxygens (including phenoxy) is 1. The number of nitrogens with zero attached hydrogens (tertiary/aromatic N) is 1. The van der Waals surface area contributed by atoms with Crippen molar-refractivity contribution in [2.75, 3.05) is 12.0 Å². The lowest BCUT2D eigenvalue weighted by atomic mass is 10.1. The van der Waals surface area contributed by atoms with Crippen molar-refractivity contribution in [1.29, 1.82) is 0 Å². The van der Waals surface area contributed by atoms with Gasteiger partial charge in [-0.15, -0.1) is 11.3 Å². The maximum absolute atomic E-state index is 5.54. The molecule has 0 aliphatic heterocycles. The van der Waals surface area contributed by atoms with E-state index < -0.39 is 0 Å². The molecule has 0 amide bonds. The second-order valence-electron chi connectivity index (χ2n) is 6.77. The zero-order valence-electron chi connectivity index (χ0n) is 15.8. The van der Waals surface area contributed by atoms with Crippen molar-refractivity contribution < 1.29 is 4.74 Å². The van der Waals surface area contributed by atoms with Crippen molar-refractivity contribution in [3.63, 3.8) is 0 Å². The molecule has 2 nitrogen and oxygen atoms in total. The largest absolute Gasteiger partial charge is 0.497 e. The van der Waals surface area contributed by atoms with E-state index >= 15 is 0 Å². The summed E-state index contributed by atoms with van der Waals surface area (Å²) in [4.78, 5) is 2.30. The monoisotopic (exact) mass is 459 g/mol. The van der Waals surface area contributed by atoms with Gasteiger partial charge in [-0.3, -0.25) is 0 Å². The van der Waals surface area contributed by atoms with Crippen LogP contribution in [0.3, 0.4) is 0 Å². The summed E-state index contributed by atoms with van der Waals surface area (Å²) in [6, 6.07) is 31.8. The number of halogens is 1. The molecule has 0 spiro atoms. The molecule has 0 aliphatic carbocycles. The maximum atomic E-state index is 5.54. The molecule has 5 rings (SSSR count). The van der Waals surface area contributed by atoms with Crippen LogP contribution >= 0.6 is 27.3 Å². The highest BCUT2D eigenvalue weighted by atomic mass is 79.9. The number of methoxy groups -OCH3 is 1. The summed E-state index contributed by atoms with van der Waals surface area (Å²) in [5, 5.41) is 2.58. The molecule has 0 aliphatic rings. The first-order valence-electron chi connectivity index (χ1n) is 9.34. The van der Waals surface area contributed by atoms with E-state index in [1.165, 1.54) is 20.2 Å². The lowest BCUT2D eigenvalue weighted by Crippen LogP contribution is -2.10. The molecule has 0 radical (unpaired) electrons. The Morgan fingerprint density at radius 3 is 2.34 bits per heavy atom. The van der Waals surface area contributed by atoms with E-state index in [9.17, 15) is 0 Å². The van der Waals surface area contributed by atoms with E-state index in [-0.39, 0.29) is 0 Å². The van der Waals surface area contributed by atoms with E-state index in [1.807, 2.05) is 23.5 Å². The Bertz CT molecular complexity index is 1310. The second kappa shape index (κ2) is 7.54. The molecule has 0 bridgehead atoms. The highest BCUT2D eigenvalue weighted by Gasteiger charge is 2.18. The van der Waals surface area contributed by atoms with Gasteiger partial charge < -0.3 is 9.64 Å². The highest BCUT2D eigenvalue weighted by Crippen LogP contribution is 2.45. The average molecular weight is 460 g/mol. The summed E-state index contributed by atoms with van der Waals surface area (Å²) >= 11 is 5.48. The predicted molar refractivity (Wildman–Crippen MR) is 128 cm³/mol. The molecule has 1 aromatic heterocycles. The quantitative estimate of drug-likeness (QED) is 0.268. The molecule has 4 aromatic carbocycles. The fourth-order valence-corrected chi connectivity index (χ4v) is 5.37. The van der Waals surface area contributed by atoms with Gasteiger partial charge >= 0.3 is 0 Å². The number of para-hydroxylation sites is 1. The molecule has 142 valence electrons. The van der Waals surface area contributed by atoms with Crippen molar-refractivity contribution in [2.24, 2.45) is 0 Å². The number of thiophene rings is 1. The number of benzene rings is 4. The summed E-state index contributed by atoms with van der Waals surface area (Å²) in [7, 11) is 1.70. The summed E-state index contributed by atoms with van der Waals surface area (Å²) in [5.74, 6) is 0.818. The van der Waals surface area contributed by atoms with Crippen molar-refractivity contribution in [3.8, 4) is 5.75 Å². The van der Waals surface area contributed by atoms with Crippen molar-refractivity contribution in [1.82, 2.24) is 0 Å². The van der Waals surface area contributed by atoms with Crippen LogP contribution in [0, 0.1) is 0 Å². The number of anilines is 3. The SMILES string of the molecule is COc1cc(Br)cc(N(c2ccccc2)c2cccc3c2sc2ccccc23)c1. The van der Waals surface area contributed by atoms with Gasteiger partial charge in [-0.25, -0.2) is 0 Å². The van der Waals surface area contributed by atoms with E-state index in [0.717, 1.165) is 27.3 Å². The first-order chi connectivity index (χ1) is 14.2. The van der Waals surface area contributed by atoms with Gasteiger partial charge in [0, 0.05) is 31.7 Å². The van der Waals surface area contributed by atoms with E-state index in [0.29, 0.717) is 0 Å². The standard InChI is InChI=1S/C25H18BrNOS/c1-28-20-15-17(26)14-19(16-20)27(18-8-3-2-4-9-18)23-12-7-11-22-21-10-5-6-13-24(21)29-25(22)23/h2-16H,1H3. The van der Waals surface area contributed by atoms with Gasteiger partial charge in [0.15, 0.2) is 0 Å². The van der Waals surface area contributed by atoms with Crippen LogP contribution in [0.4, 0.5) is 17.1 Å². The minimum Gasteiger partial charge on any atom is -0.497 e. The third kappa shape index (κ3) is 3.28. The van der Waals surface area contributed by atoms with E-state index in [2.05, 4.69) is 99.7 Å². The second-order valence-corrected chi connectivity index (χ2v) is 8.74. The van der Waals surface area contributed by atoms with E-state index in [4.69, 9.17) is 4.74 Å².